The van der Waals surface area contributed by atoms with Gasteiger partial charge in [0.15, 0.2) is 12.4 Å². The van der Waals surface area contributed by atoms with Gasteiger partial charge in [-0.1, -0.05) is 29.8 Å². The van der Waals surface area contributed by atoms with Gasteiger partial charge < -0.3 is 10.1 Å². The van der Waals surface area contributed by atoms with E-state index in [9.17, 15) is 14.0 Å². The maximum absolute atomic E-state index is 13.5. The molecule has 0 bridgehead atoms. The van der Waals surface area contributed by atoms with Gasteiger partial charge in [-0.3, -0.25) is 9.59 Å². The summed E-state index contributed by atoms with van der Waals surface area (Å²) in [4.78, 5) is 24.3. The Kier molecular flexibility index (Phi) is 6.40. The Morgan fingerprint density at radius 2 is 1.50 bits per heavy atom. The van der Waals surface area contributed by atoms with Gasteiger partial charge in [-0.2, -0.15) is 0 Å². The van der Waals surface area contributed by atoms with E-state index in [0.717, 1.165) is 0 Å². The van der Waals surface area contributed by atoms with Crippen molar-refractivity contribution in [3.8, 4) is 5.75 Å². The van der Waals surface area contributed by atoms with E-state index in [0.29, 0.717) is 27.5 Å². The minimum absolute atomic E-state index is 0.0867. The molecule has 0 radical (unpaired) electrons. The Hall–Kier alpha value is -3.18. The molecule has 6 heteroatoms. The molecule has 1 amide bonds. The maximum Gasteiger partial charge on any atom is 0.258 e. The van der Waals surface area contributed by atoms with Crippen molar-refractivity contribution in [2.45, 2.75) is 6.54 Å². The summed E-state index contributed by atoms with van der Waals surface area (Å²) in [5.74, 6) is -0.422. The number of hydrogen-bond donors (Lipinski definition) is 1. The second-order valence-corrected chi connectivity index (χ2v) is 6.45. The summed E-state index contributed by atoms with van der Waals surface area (Å²) in [6.07, 6.45) is 0. The topological polar surface area (TPSA) is 55.4 Å². The van der Waals surface area contributed by atoms with E-state index in [1.165, 1.54) is 6.07 Å². The number of ether oxygens (including phenoxy) is 1. The van der Waals surface area contributed by atoms with Crippen LogP contribution in [0.1, 0.15) is 21.5 Å². The van der Waals surface area contributed by atoms with Crippen LogP contribution in [-0.2, 0) is 11.3 Å². The number of carbonyl (C=O) groups excluding carboxylic acids is 2. The first kappa shape index (κ1) is 19.6. The molecule has 4 nitrogen and oxygen atoms in total. The molecule has 0 saturated heterocycles. The number of halogens is 2. The Balaban J connectivity index is 1.51. The summed E-state index contributed by atoms with van der Waals surface area (Å²) in [6.45, 7) is -0.123. The molecular weight excluding hydrogens is 381 g/mol. The number of ketones is 1. The summed E-state index contributed by atoms with van der Waals surface area (Å²) >= 11 is 5.83. The van der Waals surface area contributed by atoms with E-state index in [1.54, 1.807) is 66.7 Å². The molecule has 0 unspecified atom stereocenters. The molecule has 0 atom stereocenters. The lowest BCUT2D eigenvalue weighted by atomic mass is 10.0. The number of carbonyl (C=O) groups is 2. The Morgan fingerprint density at radius 3 is 2.14 bits per heavy atom. The molecule has 28 heavy (non-hydrogen) atoms. The van der Waals surface area contributed by atoms with Gasteiger partial charge in [-0.25, -0.2) is 4.39 Å². The van der Waals surface area contributed by atoms with Crippen molar-refractivity contribution in [3.05, 3.63) is 100 Å². The van der Waals surface area contributed by atoms with Crippen molar-refractivity contribution >= 4 is 23.3 Å². The van der Waals surface area contributed by atoms with Crippen LogP contribution in [-0.4, -0.2) is 18.3 Å². The lowest BCUT2D eigenvalue weighted by Crippen LogP contribution is -2.28. The van der Waals surface area contributed by atoms with Crippen molar-refractivity contribution in [3.63, 3.8) is 0 Å². The van der Waals surface area contributed by atoms with Crippen LogP contribution in [0.4, 0.5) is 4.39 Å². The van der Waals surface area contributed by atoms with Crippen molar-refractivity contribution < 1.29 is 18.7 Å². The van der Waals surface area contributed by atoms with Gasteiger partial charge in [0, 0.05) is 28.3 Å². The number of nitrogens with one attached hydrogen (secondary N) is 1. The monoisotopic (exact) mass is 397 g/mol. The van der Waals surface area contributed by atoms with Crippen molar-refractivity contribution in [1.29, 1.82) is 0 Å². The molecule has 142 valence electrons. The minimum atomic E-state index is -0.371. The summed E-state index contributed by atoms with van der Waals surface area (Å²) in [6, 6.07) is 19.4. The molecule has 0 heterocycles. The number of benzene rings is 3. The van der Waals surface area contributed by atoms with Crippen LogP contribution in [0.5, 0.6) is 5.75 Å². The highest BCUT2D eigenvalue weighted by Gasteiger charge is 2.10. The van der Waals surface area contributed by atoms with Gasteiger partial charge in [0.05, 0.1) is 0 Å². The Labute approximate surface area is 166 Å². The predicted molar refractivity (Wildman–Crippen MR) is 105 cm³/mol. The average molecular weight is 398 g/mol. The molecule has 3 aromatic rings. The van der Waals surface area contributed by atoms with E-state index < -0.39 is 0 Å². The summed E-state index contributed by atoms with van der Waals surface area (Å²) in [5.41, 5.74) is 1.44. The second-order valence-electron chi connectivity index (χ2n) is 6.02. The van der Waals surface area contributed by atoms with Crippen LogP contribution in [0.15, 0.2) is 72.8 Å². The number of amides is 1. The van der Waals surface area contributed by atoms with Gasteiger partial charge in [0.25, 0.3) is 5.91 Å². The van der Waals surface area contributed by atoms with Gasteiger partial charge in [-0.05, 0) is 54.6 Å². The third-order valence-corrected chi connectivity index (χ3v) is 4.28. The fourth-order valence-corrected chi connectivity index (χ4v) is 2.63. The fourth-order valence-electron chi connectivity index (χ4n) is 2.51. The summed E-state index contributed by atoms with van der Waals surface area (Å²) in [5, 5.41) is 3.16. The molecule has 0 saturated carbocycles. The highest BCUT2D eigenvalue weighted by Crippen LogP contribution is 2.17. The van der Waals surface area contributed by atoms with Gasteiger partial charge in [0.1, 0.15) is 11.6 Å². The van der Waals surface area contributed by atoms with E-state index in [1.807, 2.05) is 0 Å². The van der Waals surface area contributed by atoms with Crippen LogP contribution >= 0.6 is 11.6 Å². The average Bonchev–Trinajstić information content (AvgIpc) is 2.72. The largest absolute Gasteiger partial charge is 0.484 e. The van der Waals surface area contributed by atoms with Crippen molar-refractivity contribution in [2.75, 3.05) is 6.61 Å². The van der Waals surface area contributed by atoms with E-state index in [4.69, 9.17) is 16.3 Å². The van der Waals surface area contributed by atoms with Crippen LogP contribution in [0.2, 0.25) is 5.02 Å². The van der Waals surface area contributed by atoms with Gasteiger partial charge in [0.2, 0.25) is 0 Å². The molecule has 0 aromatic heterocycles. The molecule has 3 rings (SSSR count). The quantitative estimate of drug-likeness (QED) is 0.601. The Morgan fingerprint density at radius 1 is 0.893 bits per heavy atom. The van der Waals surface area contributed by atoms with Gasteiger partial charge >= 0.3 is 0 Å². The van der Waals surface area contributed by atoms with E-state index in [-0.39, 0.29) is 30.7 Å². The first-order chi connectivity index (χ1) is 13.5. The smallest absolute Gasteiger partial charge is 0.258 e. The second kappa shape index (κ2) is 9.15. The highest BCUT2D eigenvalue weighted by atomic mass is 35.5. The van der Waals surface area contributed by atoms with Gasteiger partial charge in [-0.15, -0.1) is 0 Å². The molecule has 0 aliphatic rings. The zero-order valence-electron chi connectivity index (χ0n) is 14.8. The fraction of sp³-hybridized carbons (Fsp3) is 0.0909. The molecule has 1 N–H and O–H groups in total. The minimum Gasteiger partial charge on any atom is -0.484 e. The first-order valence-electron chi connectivity index (χ1n) is 8.56. The SMILES string of the molecule is O=C(COc1ccc(C(=O)c2ccc(Cl)cc2)cc1)NCc1ccccc1F. The predicted octanol–water partition coefficient (Wildman–Crippen LogP) is 4.41. The van der Waals surface area contributed by atoms with Crippen molar-refractivity contribution in [2.24, 2.45) is 0 Å². The molecule has 0 aliphatic carbocycles. The summed E-state index contributed by atoms with van der Waals surface area (Å²) in [7, 11) is 0. The van der Waals surface area contributed by atoms with E-state index >= 15 is 0 Å². The van der Waals surface area contributed by atoms with E-state index in [2.05, 4.69) is 5.32 Å². The standard InChI is InChI=1S/C22H17ClFNO3/c23-18-9-5-15(6-10-18)22(27)16-7-11-19(12-8-16)28-14-21(26)25-13-17-3-1-2-4-20(17)24/h1-12H,13-14H2,(H,25,26). The molecule has 0 fully saturated rings. The molecule has 0 aliphatic heterocycles. The summed E-state index contributed by atoms with van der Waals surface area (Å²) < 4.78 is 18.9. The third kappa shape index (κ3) is 5.18. The molecule has 0 spiro atoms. The third-order valence-electron chi connectivity index (χ3n) is 4.03. The van der Waals surface area contributed by atoms with Crippen LogP contribution in [0.3, 0.4) is 0 Å². The zero-order chi connectivity index (χ0) is 19.9. The van der Waals surface area contributed by atoms with Crippen LogP contribution in [0, 0.1) is 5.82 Å². The first-order valence-corrected chi connectivity index (χ1v) is 8.94. The lowest BCUT2D eigenvalue weighted by Gasteiger charge is -2.09. The number of hydrogen-bond acceptors (Lipinski definition) is 3. The molecule has 3 aromatic carbocycles. The highest BCUT2D eigenvalue weighted by molar-refractivity contribution is 6.30. The van der Waals surface area contributed by atoms with Crippen LogP contribution in [0.25, 0.3) is 0 Å². The Bertz CT molecular complexity index is 972. The maximum atomic E-state index is 13.5. The normalized spacial score (nSPS) is 10.4. The number of rotatable bonds is 7. The molecular formula is C22H17ClFNO3. The lowest BCUT2D eigenvalue weighted by molar-refractivity contribution is -0.123. The zero-order valence-corrected chi connectivity index (χ0v) is 15.6. The van der Waals surface area contributed by atoms with Crippen molar-refractivity contribution in [1.82, 2.24) is 5.32 Å². The van der Waals surface area contributed by atoms with Crippen LogP contribution < -0.4 is 10.1 Å².